The fourth-order valence-electron chi connectivity index (χ4n) is 1.82. The van der Waals surface area contributed by atoms with Gasteiger partial charge in [-0.25, -0.2) is 0 Å². The number of rotatable bonds is 4. The number of carbonyl (C=O) groups is 1. The molecule has 1 heterocycles. The number of aromatic nitrogens is 3. The van der Waals surface area contributed by atoms with E-state index in [1.807, 2.05) is 22.6 Å². The number of nitro groups is 1. The molecule has 21 heavy (non-hydrogen) atoms. The van der Waals surface area contributed by atoms with Crippen molar-refractivity contribution in [2.75, 3.05) is 0 Å². The zero-order valence-corrected chi connectivity index (χ0v) is 13.4. The minimum atomic E-state index is -0.529. The summed E-state index contributed by atoms with van der Waals surface area (Å²) in [5.74, 6) is 0.211. The van der Waals surface area contributed by atoms with Gasteiger partial charge >= 0.3 is 0 Å². The molecule has 2 rings (SSSR count). The summed E-state index contributed by atoms with van der Waals surface area (Å²) in [7, 11) is 1.77. The first-order valence-corrected chi connectivity index (χ1v) is 7.06. The Morgan fingerprint density at radius 3 is 2.81 bits per heavy atom. The maximum absolute atomic E-state index is 12.3. The predicted octanol–water partition coefficient (Wildman–Crippen LogP) is 1.82. The molecular formula is C12H12IN5O3. The third kappa shape index (κ3) is 3.35. The van der Waals surface area contributed by atoms with E-state index < -0.39 is 10.8 Å². The molecule has 1 atom stereocenters. The smallest absolute Gasteiger partial charge is 0.270 e. The second-order valence-corrected chi connectivity index (χ2v) is 5.58. The first kappa shape index (κ1) is 15.4. The average molecular weight is 401 g/mol. The first-order chi connectivity index (χ1) is 9.90. The van der Waals surface area contributed by atoms with Crippen LogP contribution in [0.3, 0.4) is 0 Å². The minimum absolute atomic E-state index is 0.119. The van der Waals surface area contributed by atoms with Gasteiger partial charge in [-0.1, -0.05) is 0 Å². The number of aryl methyl sites for hydroxylation is 1. The molecule has 1 unspecified atom stereocenters. The quantitative estimate of drug-likeness (QED) is 0.478. The molecule has 1 aromatic carbocycles. The lowest BCUT2D eigenvalue weighted by Crippen LogP contribution is -2.29. The van der Waals surface area contributed by atoms with Crippen LogP contribution >= 0.6 is 22.6 Å². The molecule has 0 fully saturated rings. The highest BCUT2D eigenvalue weighted by molar-refractivity contribution is 14.1. The summed E-state index contributed by atoms with van der Waals surface area (Å²) >= 11 is 1.97. The van der Waals surface area contributed by atoms with Crippen molar-refractivity contribution in [3.05, 3.63) is 49.6 Å². The van der Waals surface area contributed by atoms with Gasteiger partial charge in [0.05, 0.1) is 16.5 Å². The molecule has 0 bridgehead atoms. The Labute approximate surface area is 133 Å². The van der Waals surface area contributed by atoms with Crippen molar-refractivity contribution in [2.24, 2.45) is 7.05 Å². The van der Waals surface area contributed by atoms with Gasteiger partial charge in [0.25, 0.3) is 11.6 Å². The zero-order valence-electron chi connectivity index (χ0n) is 11.3. The van der Waals surface area contributed by atoms with Crippen LogP contribution in [-0.4, -0.2) is 25.6 Å². The second-order valence-electron chi connectivity index (χ2n) is 4.42. The van der Waals surface area contributed by atoms with Crippen LogP contribution in [0.25, 0.3) is 0 Å². The molecule has 0 spiro atoms. The zero-order chi connectivity index (χ0) is 15.6. The van der Waals surface area contributed by atoms with Gasteiger partial charge in [-0.3, -0.25) is 14.9 Å². The van der Waals surface area contributed by atoms with Gasteiger partial charge in [0.15, 0.2) is 5.82 Å². The number of non-ortho nitro benzene ring substituents is 1. The molecule has 1 N–H and O–H groups in total. The lowest BCUT2D eigenvalue weighted by molar-refractivity contribution is -0.384. The van der Waals surface area contributed by atoms with Crippen LogP contribution in [0.4, 0.5) is 5.69 Å². The van der Waals surface area contributed by atoms with E-state index in [2.05, 4.69) is 15.5 Å². The molecule has 0 aliphatic carbocycles. The van der Waals surface area contributed by atoms with Gasteiger partial charge in [0.2, 0.25) is 0 Å². The number of nitrogens with zero attached hydrogens (tertiary/aromatic N) is 4. The molecule has 0 aliphatic rings. The number of hydrogen-bond acceptors (Lipinski definition) is 5. The lowest BCUT2D eigenvalue weighted by atomic mass is 10.1. The van der Waals surface area contributed by atoms with Crippen molar-refractivity contribution in [1.82, 2.24) is 20.1 Å². The Kier molecular flexibility index (Phi) is 4.50. The highest BCUT2D eigenvalue weighted by Gasteiger charge is 2.19. The van der Waals surface area contributed by atoms with Gasteiger partial charge in [0.1, 0.15) is 6.33 Å². The maximum Gasteiger partial charge on any atom is 0.270 e. The summed E-state index contributed by atoms with van der Waals surface area (Å²) in [5.41, 5.74) is 0.144. The molecule has 0 radical (unpaired) electrons. The molecule has 0 aliphatic heterocycles. The first-order valence-electron chi connectivity index (χ1n) is 5.99. The number of benzene rings is 1. The van der Waals surface area contributed by atoms with Crippen LogP contribution in [0.1, 0.15) is 29.1 Å². The van der Waals surface area contributed by atoms with E-state index >= 15 is 0 Å². The van der Waals surface area contributed by atoms with Crippen LogP contribution in [0.2, 0.25) is 0 Å². The molecule has 1 amide bonds. The van der Waals surface area contributed by atoms with Crippen molar-refractivity contribution in [3.8, 4) is 0 Å². The number of nitrogens with one attached hydrogen (secondary N) is 1. The monoisotopic (exact) mass is 401 g/mol. The van der Waals surface area contributed by atoms with E-state index in [4.69, 9.17) is 0 Å². The molecule has 8 nitrogen and oxygen atoms in total. The number of nitro benzene ring substituents is 1. The van der Waals surface area contributed by atoms with Gasteiger partial charge in [0, 0.05) is 22.8 Å². The molecule has 110 valence electrons. The predicted molar refractivity (Wildman–Crippen MR) is 82.7 cm³/mol. The van der Waals surface area contributed by atoms with Crippen molar-refractivity contribution in [3.63, 3.8) is 0 Å². The number of hydrogen-bond donors (Lipinski definition) is 1. The molecule has 0 saturated carbocycles. The Bertz CT molecular complexity index is 700. The van der Waals surface area contributed by atoms with Crippen LogP contribution < -0.4 is 5.32 Å². The van der Waals surface area contributed by atoms with Gasteiger partial charge in [-0.15, -0.1) is 10.2 Å². The fraction of sp³-hybridized carbons (Fsp3) is 0.250. The Morgan fingerprint density at radius 2 is 2.24 bits per heavy atom. The van der Waals surface area contributed by atoms with Crippen molar-refractivity contribution < 1.29 is 9.72 Å². The second kappa shape index (κ2) is 6.16. The number of carbonyl (C=O) groups excluding carboxylic acids is 1. The molecule has 2 aromatic rings. The highest BCUT2D eigenvalue weighted by atomic mass is 127. The van der Waals surface area contributed by atoms with Gasteiger partial charge in [-0.05, 0) is 35.6 Å². The van der Waals surface area contributed by atoms with E-state index in [0.717, 1.165) is 0 Å². The SMILES string of the molecule is CC(NC(=O)c1cc([N+](=O)[O-])ccc1I)c1nncn1C. The Morgan fingerprint density at radius 1 is 1.52 bits per heavy atom. The van der Waals surface area contributed by atoms with E-state index in [0.29, 0.717) is 9.39 Å². The minimum Gasteiger partial charge on any atom is -0.342 e. The highest BCUT2D eigenvalue weighted by Crippen LogP contribution is 2.20. The summed E-state index contributed by atoms with van der Waals surface area (Å²) < 4.78 is 2.34. The fourth-order valence-corrected chi connectivity index (χ4v) is 2.40. The Hall–Kier alpha value is -2.04. The third-order valence-corrected chi connectivity index (χ3v) is 3.83. The van der Waals surface area contributed by atoms with Crippen LogP contribution in [-0.2, 0) is 7.05 Å². The molecular weight excluding hydrogens is 389 g/mol. The van der Waals surface area contributed by atoms with Crippen molar-refractivity contribution in [1.29, 1.82) is 0 Å². The summed E-state index contributed by atoms with van der Waals surface area (Å²) in [6, 6.07) is 3.81. The summed E-state index contributed by atoms with van der Waals surface area (Å²) in [6.45, 7) is 1.77. The normalized spacial score (nSPS) is 12.0. The average Bonchev–Trinajstić information content (AvgIpc) is 2.85. The van der Waals surface area contributed by atoms with E-state index in [1.165, 1.54) is 18.5 Å². The number of amides is 1. The van der Waals surface area contributed by atoms with Crippen molar-refractivity contribution >= 4 is 34.2 Å². The van der Waals surface area contributed by atoms with Crippen molar-refractivity contribution in [2.45, 2.75) is 13.0 Å². The van der Waals surface area contributed by atoms with Crippen LogP contribution in [0.15, 0.2) is 24.5 Å². The van der Waals surface area contributed by atoms with E-state index in [-0.39, 0.29) is 17.3 Å². The summed E-state index contributed by atoms with van der Waals surface area (Å²) in [5, 5.41) is 21.2. The summed E-state index contributed by atoms with van der Waals surface area (Å²) in [6.07, 6.45) is 1.54. The van der Waals surface area contributed by atoms with E-state index in [9.17, 15) is 14.9 Å². The molecule has 1 aromatic heterocycles. The molecule has 9 heteroatoms. The van der Waals surface area contributed by atoms with Crippen LogP contribution in [0.5, 0.6) is 0 Å². The maximum atomic E-state index is 12.3. The number of halogens is 1. The summed E-state index contributed by atoms with van der Waals surface area (Å²) in [4.78, 5) is 22.5. The third-order valence-electron chi connectivity index (χ3n) is 2.89. The topological polar surface area (TPSA) is 103 Å². The standard InChI is InChI=1S/C12H12IN5O3/c1-7(11-16-14-6-17(11)2)15-12(19)9-5-8(18(20)21)3-4-10(9)13/h3-7H,1-2H3,(H,15,19). The van der Waals surface area contributed by atoms with Gasteiger partial charge < -0.3 is 9.88 Å². The van der Waals surface area contributed by atoms with Gasteiger partial charge in [-0.2, -0.15) is 0 Å². The van der Waals surface area contributed by atoms with Crippen LogP contribution in [0, 0.1) is 13.7 Å². The lowest BCUT2D eigenvalue weighted by Gasteiger charge is -2.13. The largest absolute Gasteiger partial charge is 0.342 e. The molecule has 0 saturated heterocycles. The van der Waals surface area contributed by atoms with E-state index in [1.54, 1.807) is 24.6 Å². The Balaban J connectivity index is 2.22.